The summed E-state index contributed by atoms with van der Waals surface area (Å²) in [6, 6.07) is 5.87. The summed E-state index contributed by atoms with van der Waals surface area (Å²) in [5.74, 6) is -1.46. The van der Waals surface area contributed by atoms with Crippen molar-refractivity contribution in [1.29, 1.82) is 0 Å². The molecule has 126 valence electrons. The molecule has 23 heavy (non-hydrogen) atoms. The predicted molar refractivity (Wildman–Crippen MR) is 82.1 cm³/mol. The summed E-state index contributed by atoms with van der Waals surface area (Å²) in [7, 11) is -0.248. The van der Waals surface area contributed by atoms with Gasteiger partial charge in [0.2, 0.25) is 10.0 Å². The zero-order chi connectivity index (χ0) is 17.0. The normalized spacial score (nSPS) is 13.4. The molecule has 0 fully saturated rings. The van der Waals surface area contributed by atoms with Crippen molar-refractivity contribution in [3.63, 3.8) is 0 Å². The van der Waals surface area contributed by atoms with Crippen LogP contribution < -0.4 is 4.72 Å². The predicted octanol–water partition coefficient (Wildman–Crippen LogP) is 2.28. The van der Waals surface area contributed by atoms with Gasteiger partial charge in [-0.1, -0.05) is 0 Å². The zero-order valence-corrected chi connectivity index (χ0v) is 13.6. The van der Waals surface area contributed by atoms with E-state index in [1.807, 2.05) is 0 Å². The summed E-state index contributed by atoms with van der Waals surface area (Å²) in [4.78, 5) is 1.80. The SMILES string of the molecule is CN(C)[C@@H](CNS(=O)(=O)Cc1cc(F)ccc1F)c1ccco1. The topological polar surface area (TPSA) is 62.6 Å². The van der Waals surface area contributed by atoms with Gasteiger partial charge < -0.3 is 4.42 Å². The van der Waals surface area contributed by atoms with Crippen LogP contribution in [0.3, 0.4) is 0 Å². The molecule has 1 aromatic heterocycles. The van der Waals surface area contributed by atoms with Gasteiger partial charge in [-0.25, -0.2) is 21.9 Å². The molecule has 0 unspecified atom stereocenters. The van der Waals surface area contributed by atoms with Crippen LogP contribution in [-0.4, -0.2) is 34.0 Å². The first-order valence-electron chi connectivity index (χ1n) is 6.89. The van der Waals surface area contributed by atoms with Crippen LogP contribution in [0.15, 0.2) is 41.0 Å². The highest BCUT2D eigenvalue weighted by atomic mass is 32.2. The molecular formula is C15H18F2N2O3S. The summed E-state index contributed by atoms with van der Waals surface area (Å²) in [5.41, 5.74) is -0.211. The van der Waals surface area contributed by atoms with Crippen LogP contribution in [0.5, 0.6) is 0 Å². The van der Waals surface area contributed by atoms with E-state index in [9.17, 15) is 17.2 Å². The lowest BCUT2D eigenvalue weighted by atomic mass is 10.2. The molecule has 5 nitrogen and oxygen atoms in total. The van der Waals surface area contributed by atoms with Crippen LogP contribution in [0.2, 0.25) is 0 Å². The minimum absolute atomic E-state index is 0.0553. The molecule has 0 aliphatic carbocycles. The minimum atomic E-state index is -3.82. The van der Waals surface area contributed by atoms with Gasteiger partial charge in [0.25, 0.3) is 0 Å². The van der Waals surface area contributed by atoms with Crippen LogP contribution in [0.4, 0.5) is 8.78 Å². The highest BCUT2D eigenvalue weighted by molar-refractivity contribution is 7.88. The van der Waals surface area contributed by atoms with Gasteiger partial charge in [-0.3, -0.25) is 4.90 Å². The summed E-state index contributed by atoms with van der Waals surface area (Å²) in [6.07, 6.45) is 1.50. The van der Waals surface area contributed by atoms with Gasteiger partial charge in [0.15, 0.2) is 0 Å². The van der Waals surface area contributed by atoms with Crippen LogP contribution in [-0.2, 0) is 15.8 Å². The number of rotatable bonds is 7. The Labute approximate surface area is 134 Å². The maximum atomic E-state index is 13.6. The second kappa shape index (κ2) is 7.20. The molecule has 0 aliphatic rings. The lowest BCUT2D eigenvalue weighted by molar-refractivity contribution is 0.259. The van der Waals surface area contributed by atoms with Crippen molar-refractivity contribution in [2.45, 2.75) is 11.8 Å². The molecule has 1 atom stereocenters. The number of nitrogens with one attached hydrogen (secondary N) is 1. The zero-order valence-electron chi connectivity index (χ0n) is 12.8. The molecule has 0 aliphatic heterocycles. The molecule has 8 heteroatoms. The van der Waals surface area contributed by atoms with Crippen LogP contribution >= 0.6 is 0 Å². The van der Waals surface area contributed by atoms with E-state index in [0.29, 0.717) is 5.76 Å². The van der Waals surface area contributed by atoms with Gasteiger partial charge in [0, 0.05) is 12.1 Å². The molecular weight excluding hydrogens is 326 g/mol. The molecule has 0 bridgehead atoms. The smallest absolute Gasteiger partial charge is 0.215 e. The first-order chi connectivity index (χ1) is 10.8. The number of hydrogen-bond donors (Lipinski definition) is 1. The van der Waals surface area contributed by atoms with Crippen molar-refractivity contribution in [3.8, 4) is 0 Å². The van der Waals surface area contributed by atoms with Crippen molar-refractivity contribution in [2.24, 2.45) is 0 Å². The lowest BCUT2D eigenvalue weighted by Gasteiger charge is -2.22. The average molecular weight is 344 g/mol. The molecule has 0 saturated carbocycles. The number of furan rings is 1. The Kier molecular flexibility index (Phi) is 5.51. The van der Waals surface area contributed by atoms with Crippen molar-refractivity contribution < 1.29 is 21.6 Å². The number of halogens is 2. The van der Waals surface area contributed by atoms with E-state index in [1.54, 1.807) is 31.1 Å². The molecule has 2 aromatic rings. The second-order valence-electron chi connectivity index (χ2n) is 5.34. The maximum absolute atomic E-state index is 13.6. The molecule has 0 amide bonds. The lowest BCUT2D eigenvalue weighted by Crippen LogP contribution is -2.35. The number of nitrogens with zero attached hydrogens (tertiary/aromatic N) is 1. The Morgan fingerprint density at radius 3 is 2.61 bits per heavy atom. The number of benzene rings is 1. The van der Waals surface area contributed by atoms with Crippen molar-refractivity contribution in [2.75, 3.05) is 20.6 Å². The third-order valence-electron chi connectivity index (χ3n) is 3.34. The molecule has 0 spiro atoms. The Bertz CT molecular complexity index is 746. The third-order valence-corrected chi connectivity index (χ3v) is 4.64. The summed E-state index contributed by atoms with van der Waals surface area (Å²) >= 11 is 0. The van der Waals surface area contributed by atoms with Crippen molar-refractivity contribution >= 4 is 10.0 Å². The van der Waals surface area contributed by atoms with Crippen LogP contribution in [0.25, 0.3) is 0 Å². The Balaban J connectivity index is 2.07. The van der Waals surface area contributed by atoms with Gasteiger partial charge in [0.05, 0.1) is 18.1 Å². The second-order valence-corrected chi connectivity index (χ2v) is 7.14. The Morgan fingerprint density at radius 1 is 1.26 bits per heavy atom. The monoisotopic (exact) mass is 344 g/mol. The molecule has 2 rings (SSSR count). The Morgan fingerprint density at radius 2 is 2.00 bits per heavy atom. The van der Waals surface area contributed by atoms with Gasteiger partial charge in [-0.05, 0) is 44.4 Å². The molecule has 1 aromatic carbocycles. The highest BCUT2D eigenvalue weighted by Crippen LogP contribution is 2.18. The Hall–Kier alpha value is -1.77. The fraction of sp³-hybridized carbons (Fsp3) is 0.333. The highest BCUT2D eigenvalue weighted by Gasteiger charge is 2.21. The number of likely N-dealkylation sites (N-methyl/N-ethyl adjacent to an activating group) is 1. The first-order valence-corrected chi connectivity index (χ1v) is 8.55. The molecule has 0 radical (unpaired) electrons. The fourth-order valence-electron chi connectivity index (χ4n) is 2.13. The van der Waals surface area contributed by atoms with E-state index >= 15 is 0 Å². The van der Waals surface area contributed by atoms with Crippen molar-refractivity contribution in [1.82, 2.24) is 9.62 Å². The van der Waals surface area contributed by atoms with E-state index in [2.05, 4.69) is 4.72 Å². The van der Waals surface area contributed by atoms with E-state index in [-0.39, 0.29) is 18.2 Å². The van der Waals surface area contributed by atoms with Crippen LogP contribution in [0.1, 0.15) is 17.4 Å². The third kappa shape index (κ3) is 4.85. The molecule has 1 heterocycles. The molecule has 0 saturated heterocycles. The minimum Gasteiger partial charge on any atom is -0.468 e. The quantitative estimate of drug-likeness (QED) is 0.837. The van der Waals surface area contributed by atoms with Crippen LogP contribution in [0, 0.1) is 11.6 Å². The average Bonchev–Trinajstić information content (AvgIpc) is 2.96. The van der Waals surface area contributed by atoms with E-state index in [4.69, 9.17) is 4.42 Å². The summed E-state index contributed by atoms with van der Waals surface area (Å²) in [5, 5.41) is 0. The van der Waals surface area contributed by atoms with Crippen molar-refractivity contribution in [3.05, 3.63) is 59.6 Å². The first kappa shape index (κ1) is 17.6. The van der Waals surface area contributed by atoms with Gasteiger partial charge >= 0.3 is 0 Å². The standard InChI is InChI=1S/C15H18F2N2O3S/c1-19(2)14(15-4-3-7-22-15)9-18-23(20,21)10-11-8-12(16)5-6-13(11)17/h3-8,14,18H,9-10H2,1-2H3/t14-/m0/s1. The van der Waals surface area contributed by atoms with Gasteiger partial charge in [-0.15, -0.1) is 0 Å². The maximum Gasteiger partial charge on any atom is 0.215 e. The summed E-state index contributed by atoms with van der Waals surface area (Å²) < 4.78 is 58.6. The number of sulfonamides is 1. The van der Waals surface area contributed by atoms with Gasteiger partial charge in [-0.2, -0.15) is 0 Å². The fourth-order valence-corrected chi connectivity index (χ4v) is 3.28. The molecule has 1 N–H and O–H groups in total. The van der Waals surface area contributed by atoms with E-state index < -0.39 is 27.4 Å². The largest absolute Gasteiger partial charge is 0.468 e. The summed E-state index contributed by atoms with van der Waals surface area (Å²) in [6.45, 7) is 0.0553. The number of hydrogen-bond acceptors (Lipinski definition) is 4. The van der Waals surface area contributed by atoms with Gasteiger partial charge in [0.1, 0.15) is 17.4 Å². The van der Waals surface area contributed by atoms with E-state index in [1.165, 1.54) is 6.26 Å². The van der Waals surface area contributed by atoms with E-state index in [0.717, 1.165) is 18.2 Å².